The zero-order chi connectivity index (χ0) is 40.1. The van der Waals surface area contributed by atoms with Crippen LogP contribution in [-0.2, 0) is 32.9 Å². The lowest BCUT2D eigenvalue weighted by Crippen LogP contribution is -2.29. The van der Waals surface area contributed by atoms with Gasteiger partial charge in [0.1, 0.15) is 6.61 Å². The number of carbonyl (C=O) groups is 2. The van der Waals surface area contributed by atoms with Crippen molar-refractivity contribution in [3.63, 3.8) is 0 Å². The minimum atomic E-state index is -4.79. The van der Waals surface area contributed by atoms with E-state index in [-0.39, 0.29) is 19.4 Å². The van der Waals surface area contributed by atoms with Crippen LogP contribution in [0.25, 0.3) is 0 Å². The van der Waals surface area contributed by atoms with Gasteiger partial charge in [-0.05, 0) is 83.5 Å². The predicted octanol–water partition coefficient (Wildman–Crippen LogP) is 11.6. The largest absolute Gasteiger partial charge is 0.469 e. The van der Waals surface area contributed by atoms with E-state index in [0.717, 1.165) is 57.8 Å². The van der Waals surface area contributed by atoms with Gasteiger partial charge < -0.3 is 24.0 Å². The molecule has 3 atom stereocenters. The fraction of sp³-hybridized carbons (Fsp3) is 0.600. The molecule has 0 saturated carbocycles. The van der Waals surface area contributed by atoms with E-state index < -0.39 is 32.5 Å². The Morgan fingerprint density at radius 3 is 1.64 bits per heavy atom. The maximum Gasteiger partial charge on any atom is 0.469 e. The first-order valence-electron chi connectivity index (χ1n) is 20.7. The van der Waals surface area contributed by atoms with Gasteiger partial charge in [0, 0.05) is 12.8 Å². The number of hydrogen-bond acceptors (Lipinski definition) is 7. The maximum absolute atomic E-state index is 12.4. The summed E-state index contributed by atoms with van der Waals surface area (Å²) in [7, 11) is -4.79. The third kappa shape index (κ3) is 35.1. The van der Waals surface area contributed by atoms with Crippen molar-refractivity contribution in [2.45, 2.75) is 161 Å². The Hall–Kier alpha value is -3.07. The first kappa shape index (κ1) is 49.9. The second-order valence-electron chi connectivity index (χ2n) is 13.6. The summed E-state index contributed by atoms with van der Waals surface area (Å²) in [5.41, 5.74) is 0. The standard InChI is InChI=1S/C45H71O9P/c1-3-5-7-8-9-10-11-12-13-14-15-16-21-24-27-30-34-38-45(47)53-41(40-52-55(48,49)50)39-51-44(46)37-33-29-26-23-20-18-17-19-22-25-28-32-36-43-42(54-43)35-31-6-4-2/h6,12-13,15-16,18-20,22,24,26-29,31-32,41-43H,3-5,7-11,14,17,21,23,25,30,33-40H2,1-2H3,(H2,48,49,50)/b13-12-,16-15-,20-18-,22-19-,27-24-,29-26-,31-6-,32-28-/t41-,42?,43?/m1/s1. The molecule has 1 saturated heterocycles. The summed E-state index contributed by atoms with van der Waals surface area (Å²) in [4.78, 5) is 42.8. The van der Waals surface area contributed by atoms with Gasteiger partial charge in [0.2, 0.25) is 0 Å². The lowest BCUT2D eigenvalue weighted by Gasteiger charge is -2.18. The number of unbranched alkanes of at least 4 members (excludes halogenated alkanes) is 7. The van der Waals surface area contributed by atoms with Crippen LogP contribution in [0, 0.1) is 0 Å². The second-order valence-corrected chi connectivity index (χ2v) is 14.9. The first-order valence-corrected chi connectivity index (χ1v) is 22.2. The highest BCUT2D eigenvalue weighted by molar-refractivity contribution is 7.46. The first-order chi connectivity index (χ1) is 26.7. The molecule has 1 heterocycles. The van der Waals surface area contributed by atoms with Gasteiger partial charge >= 0.3 is 19.8 Å². The molecule has 0 radical (unpaired) electrons. The number of hydrogen-bond donors (Lipinski definition) is 2. The number of carbonyl (C=O) groups excluding carboxylic acids is 2. The molecule has 1 aliphatic rings. The summed E-state index contributed by atoms with van der Waals surface area (Å²) in [6.07, 6.45) is 51.9. The van der Waals surface area contributed by atoms with Crippen molar-refractivity contribution in [1.82, 2.24) is 0 Å². The van der Waals surface area contributed by atoms with Crippen molar-refractivity contribution in [3.8, 4) is 0 Å². The second kappa shape index (κ2) is 35.4. The number of rotatable bonds is 35. The van der Waals surface area contributed by atoms with Gasteiger partial charge in [-0.1, -0.05) is 143 Å². The number of phosphoric ester groups is 1. The van der Waals surface area contributed by atoms with Crippen LogP contribution in [0.2, 0.25) is 0 Å². The minimum Gasteiger partial charge on any atom is -0.462 e. The molecular formula is C45H71O9P. The number of phosphoric acid groups is 1. The van der Waals surface area contributed by atoms with E-state index in [9.17, 15) is 14.2 Å². The Labute approximate surface area is 332 Å². The van der Waals surface area contributed by atoms with Crippen LogP contribution in [-0.4, -0.2) is 53.3 Å². The van der Waals surface area contributed by atoms with Crippen LogP contribution >= 0.6 is 7.82 Å². The highest BCUT2D eigenvalue weighted by Gasteiger charge is 2.35. The van der Waals surface area contributed by atoms with Gasteiger partial charge in [-0.2, -0.15) is 0 Å². The summed E-state index contributed by atoms with van der Waals surface area (Å²) < 4.78 is 31.9. The van der Waals surface area contributed by atoms with E-state index in [2.05, 4.69) is 97.4 Å². The normalized spacial score (nSPS) is 17.2. The molecule has 0 aromatic rings. The summed E-state index contributed by atoms with van der Waals surface area (Å²) >= 11 is 0. The molecule has 9 nitrogen and oxygen atoms in total. The molecule has 0 aromatic carbocycles. The van der Waals surface area contributed by atoms with Crippen molar-refractivity contribution < 1.29 is 42.7 Å². The molecule has 10 heteroatoms. The molecule has 55 heavy (non-hydrogen) atoms. The Balaban J connectivity index is 2.16. The number of epoxide rings is 1. The molecule has 0 aromatic heterocycles. The average molecular weight is 787 g/mol. The fourth-order valence-corrected chi connectivity index (χ4v) is 5.70. The zero-order valence-electron chi connectivity index (χ0n) is 33.7. The monoisotopic (exact) mass is 786 g/mol. The van der Waals surface area contributed by atoms with Gasteiger partial charge in [-0.25, -0.2) is 4.57 Å². The van der Waals surface area contributed by atoms with Crippen LogP contribution in [0.15, 0.2) is 97.2 Å². The Morgan fingerprint density at radius 2 is 1.07 bits per heavy atom. The van der Waals surface area contributed by atoms with Crippen LogP contribution in [0.1, 0.15) is 142 Å². The highest BCUT2D eigenvalue weighted by atomic mass is 31.2. The van der Waals surface area contributed by atoms with Crippen molar-refractivity contribution in [3.05, 3.63) is 97.2 Å². The van der Waals surface area contributed by atoms with E-state index in [1.54, 1.807) is 0 Å². The molecule has 0 amide bonds. The Bertz CT molecular complexity index is 1270. The average Bonchev–Trinajstić information content (AvgIpc) is 3.91. The smallest absolute Gasteiger partial charge is 0.462 e. The molecule has 2 unspecified atom stereocenters. The summed E-state index contributed by atoms with van der Waals surface area (Å²) in [6.45, 7) is 3.43. The molecule has 0 aliphatic carbocycles. The van der Waals surface area contributed by atoms with Gasteiger partial charge in [0.25, 0.3) is 0 Å². The number of allylic oxidation sites excluding steroid dienone is 14. The Kier molecular flexibility index (Phi) is 32.1. The van der Waals surface area contributed by atoms with E-state index >= 15 is 0 Å². The van der Waals surface area contributed by atoms with E-state index in [1.807, 2.05) is 18.2 Å². The van der Waals surface area contributed by atoms with E-state index in [1.165, 1.54) is 38.5 Å². The topological polar surface area (TPSA) is 132 Å². The van der Waals surface area contributed by atoms with Gasteiger partial charge in [-0.15, -0.1) is 0 Å². The van der Waals surface area contributed by atoms with Crippen LogP contribution in [0.5, 0.6) is 0 Å². The van der Waals surface area contributed by atoms with E-state index in [0.29, 0.717) is 31.5 Å². The van der Waals surface area contributed by atoms with Crippen molar-refractivity contribution in [2.24, 2.45) is 0 Å². The molecule has 0 bridgehead atoms. The van der Waals surface area contributed by atoms with Crippen molar-refractivity contribution in [1.29, 1.82) is 0 Å². The quantitative estimate of drug-likeness (QED) is 0.0212. The zero-order valence-corrected chi connectivity index (χ0v) is 34.6. The number of esters is 2. The molecule has 1 aliphatic heterocycles. The summed E-state index contributed by atoms with van der Waals surface area (Å²) in [5.74, 6) is -1.06. The summed E-state index contributed by atoms with van der Waals surface area (Å²) in [6, 6.07) is 0. The van der Waals surface area contributed by atoms with Gasteiger partial charge in [0.05, 0.1) is 18.8 Å². The summed E-state index contributed by atoms with van der Waals surface area (Å²) in [5, 5.41) is 0. The third-order valence-electron chi connectivity index (χ3n) is 8.50. The van der Waals surface area contributed by atoms with Crippen molar-refractivity contribution in [2.75, 3.05) is 13.2 Å². The van der Waals surface area contributed by atoms with E-state index in [4.69, 9.17) is 24.0 Å². The van der Waals surface area contributed by atoms with Crippen LogP contribution < -0.4 is 0 Å². The highest BCUT2D eigenvalue weighted by Crippen LogP contribution is 2.36. The third-order valence-corrected chi connectivity index (χ3v) is 8.99. The van der Waals surface area contributed by atoms with Crippen LogP contribution in [0.4, 0.5) is 0 Å². The van der Waals surface area contributed by atoms with Gasteiger partial charge in [-0.3, -0.25) is 14.1 Å². The molecule has 1 rings (SSSR count). The molecular weight excluding hydrogens is 715 g/mol. The SMILES string of the molecule is CC/C=C\CC1OC1C/C=C\C/C=C\C/C=C\C/C=C\CCC(=O)OC[C@H](COP(=O)(O)O)OC(=O)CCC/C=C\C/C=C\C/C=C\CCCCCCCC. The number of ether oxygens (including phenoxy) is 3. The molecule has 2 N–H and O–H groups in total. The lowest BCUT2D eigenvalue weighted by molar-refractivity contribution is -0.161. The van der Waals surface area contributed by atoms with Gasteiger partial charge in [0.15, 0.2) is 6.10 Å². The molecule has 0 spiro atoms. The Morgan fingerprint density at radius 1 is 0.582 bits per heavy atom. The predicted molar refractivity (Wildman–Crippen MR) is 224 cm³/mol. The lowest BCUT2D eigenvalue weighted by atomic mass is 10.1. The maximum atomic E-state index is 12.4. The van der Waals surface area contributed by atoms with Crippen LogP contribution in [0.3, 0.4) is 0 Å². The molecule has 1 fully saturated rings. The molecule has 310 valence electrons. The van der Waals surface area contributed by atoms with Crippen molar-refractivity contribution >= 4 is 19.8 Å². The fourth-order valence-electron chi connectivity index (χ4n) is 5.34. The minimum absolute atomic E-state index is 0.117.